The Morgan fingerprint density at radius 1 is 1.33 bits per heavy atom. The van der Waals surface area contributed by atoms with E-state index in [2.05, 4.69) is 37.2 Å². The summed E-state index contributed by atoms with van der Waals surface area (Å²) in [6, 6.07) is 0. The molecule has 1 saturated carbocycles. The molecule has 0 aliphatic heterocycles. The average Bonchev–Trinajstić information content (AvgIpc) is 2.59. The average molecular weight is 208 g/mol. The van der Waals surface area contributed by atoms with E-state index in [0.717, 1.165) is 12.2 Å². The zero-order valence-corrected chi connectivity index (χ0v) is 9.99. The quantitative estimate of drug-likeness (QED) is 0.825. The molecule has 0 bridgehead atoms. The van der Waals surface area contributed by atoms with Crippen LogP contribution < -0.4 is 0 Å². The summed E-state index contributed by atoms with van der Waals surface area (Å²) in [5.41, 5.74) is 1.70. The Kier molecular flexibility index (Phi) is 2.19. The van der Waals surface area contributed by atoms with Gasteiger partial charge in [-0.05, 0) is 16.7 Å². The largest absolute Gasteiger partial charge is 0.390 e. The van der Waals surface area contributed by atoms with E-state index >= 15 is 0 Å². The molecule has 1 heterocycles. The Labute approximate surface area is 91.1 Å². The van der Waals surface area contributed by atoms with Gasteiger partial charge in [-0.2, -0.15) is 0 Å². The summed E-state index contributed by atoms with van der Waals surface area (Å²) in [5, 5.41) is 9.14. The van der Waals surface area contributed by atoms with Gasteiger partial charge in [0.25, 0.3) is 0 Å². The van der Waals surface area contributed by atoms with Crippen LogP contribution in [-0.4, -0.2) is 14.7 Å². The molecule has 1 aromatic rings. The van der Waals surface area contributed by atoms with Crippen molar-refractivity contribution in [3.05, 3.63) is 18.2 Å². The van der Waals surface area contributed by atoms with Gasteiger partial charge < -0.3 is 9.67 Å². The molecule has 0 aromatic carbocycles. The predicted molar refractivity (Wildman–Crippen MR) is 59.2 cm³/mol. The fraction of sp³-hybridized carbons (Fsp3) is 0.750. The lowest BCUT2D eigenvalue weighted by Gasteiger charge is -2.07. The number of aromatic nitrogens is 2. The second-order valence-corrected chi connectivity index (χ2v) is 5.69. The van der Waals surface area contributed by atoms with Gasteiger partial charge in [-0.25, -0.2) is 4.98 Å². The normalized spacial score (nSPS) is 23.0. The highest BCUT2D eigenvalue weighted by Gasteiger charge is 2.64. The van der Waals surface area contributed by atoms with E-state index in [-0.39, 0.29) is 6.61 Å². The minimum Gasteiger partial charge on any atom is -0.390 e. The van der Waals surface area contributed by atoms with E-state index in [1.807, 2.05) is 6.33 Å². The molecule has 0 radical (unpaired) electrons. The lowest BCUT2D eigenvalue weighted by atomic mass is 10.0. The zero-order chi connectivity index (χ0) is 11.3. The molecule has 1 fully saturated rings. The van der Waals surface area contributed by atoms with E-state index in [1.165, 1.54) is 0 Å². The van der Waals surface area contributed by atoms with Crippen molar-refractivity contribution < 1.29 is 5.11 Å². The molecule has 0 unspecified atom stereocenters. The van der Waals surface area contributed by atoms with Gasteiger partial charge in [0.1, 0.15) is 0 Å². The van der Waals surface area contributed by atoms with Crippen LogP contribution in [0.2, 0.25) is 0 Å². The van der Waals surface area contributed by atoms with Crippen molar-refractivity contribution in [3.8, 4) is 0 Å². The van der Waals surface area contributed by atoms with E-state index in [9.17, 15) is 0 Å². The second kappa shape index (κ2) is 3.08. The molecule has 1 aliphatic carbocycles. The van der Waals surface area contributed by atoms with Gasteiger partial charge in [0.15, 0.2) is 0 Å². The first-order chi connectivity index (χ1) is 6.91. The lowest BCUT2D eigenvalue weighted by molar-refractivity contribution is 0.268. The third-order valence-corrected chi connectivity index (χ3v) is 4.66. The van der Waals surface area contributed by atoms with Crippen molar-refractivity contribution in [1.29, 1.82) is 0 Å². The molecule has 0 saturated heterocycles. The van der Waals surface area contributed by atoms with Crippen LogP contribution in [0.1, 0.15) is 33.4 Å². The first kappa shape index (κ1) is 10.7. The number of hydrogen-bond acceptors (Lipinski definition) is 2. The Bertz CT molecular complexity index is 351. The number of aliphatic hydroxyl groups excluding tert-OH is 1. The summed E-state index contributed by atoms with van der Waals surface area (Å²) in [6.07, 6.45) is 3.55. The Hall–Kier alpha value is -0.830. The van der Waals surface area contributed by atoms with E-state index in [1.54, 1.807) is 6.20 Å². The van der Waals surface area contributed by atoms with Crippen molar-refractivity contribution in [2.45, 2.75) is 40.8 Å². The van der Waals surface area contributed by atoms with Crippen LogP contribution in [0.5, 0.6) is 0 Å². The molecule has 3 heteroatoms. The van der Waals surface area contributed by atoms with Crippen molar-refractivity contribution in [2.75, 3.05) is 0 Å². The summed E-state index contributed by atoms with van der Waals surface area (Å²) in [7, 11) is 0. The van der Waals surface area contributed by atoms with Crippen LogP contribution in [0.4, 0.5) is 0 Å². The highest BCUT2D eigenvalue weighted by molar-refractivity contribution is 5.13. The molecule has 15 heavy (non-hydrogen) atoms. The number of hydrogen-bond donors (Lipinski definition) is 1. The molecule has 0 atom stereocenters. The van der Waals surface area contributed by atoms with Crippen LogP contribution in [0.15, 0.2) is 12.5 Å². The van der Waals surface area contributed by atoms with Gasteiger partial charge in [0.05, 0.1) is 24.8 Å². The number of nitrogens with zero attached hydrogens (tertiary/aromatic N) is 2. The van der Waals surface area contributed by atoms with Crippen LogP contribution >= 0.6 is 0 Å². The topological polar surface area (TPSA) is 38.0 Å². The van der Waals surface area contributed by atoms with Gasteiger partial charge in [-0.1, -0.05) is 27.7 Å². The van der Waals surface area contributed by atoms with Gasteiger partial charge >= 0.3 is 0 Å². The minimum absolute atomic E-state index is 0.0770. The van der Waals surface area contributed by atoms with Crippen molar-refractivity contribution in [3.63, 3.8) is 0 Å². The summed E-state index contributed by atoms with van der Waals surface area (Å²) in [5.74, 6) is 0.671. The third kappa shape index (κ3) is 1.41. The van der Waals surface area contributed by atoms with Crippen LogP contribution in [0.25, 0.3) is 0 Å². The maximum atomic E-state index is 9.14. The smallest absolute Gasteiger partial charge is 0.0948 e. The first-order valence-electron chi connectivity index (χ1n) is 5.51. The molecule has 1 aromatic heterocycles. The summed E-state index contributed by atoms with van der Waals surface area (Å²) in [4.78, 5) is 4.07. The number of imidazole rings is 1. The maximum Gasteiger partial charge on any atom is 0.0948 e. The summed E-state index contributed by atoms with van der Waals surface area (Å²) >= 11 is 0. The summed E-state index contributed by atoms with van der Waals surface area (Å²) < 4.78 is 2.07. The number of rotatable bonds is 3. The molecule has 84 valence electrons. The Morgan fingerprint density at radius 2 is 1.93 bits per heavy atom. The SMILES string of the molecule is CC1(C)C(Cn2cncc2CO)C1(C)C. The van der Waals surface area contributed by atoms with E-state index in [0.29, 0.717) is 16.7 Å². The molecular weight excluding hydrogens is 188 g/mol. The van der Waals surface area contributed by atoms with Gasteiger partial charge in [-0.15, -0.1) is 0 Å². The fourth-order valence-corrected chi connectivity index (χ4v) is 2.63. The van der Waals surface area contributed by atoms with Crippen molar-refractivity contribution >= 4 is 0 Å². The molecule has 2 rings (SSSR count). The van der Waals surface area contributed by atoms with E-state index in [4.69, 9.17) is 5.11 Å². The monoisotopic (exact) mass is 208 g/mol. The van der Waals surface area contributed by atoms with Crippen LogP contribution in [0, 0.1) is 16.7 Å². The first-order valence-corrected chi connectivity index (χ1v) is 5.51. The number of aliphatic hydroxyl groups is 1. The molecule has 0 amide bonds. The molecule has 1 aliphatic rings. The fourth-order valence-electron chi connectivity index (χ4n) is 2.63. The van der Waals surface area contributed by atoms with Gasteiger partial charge in [-0.3, -0.25) is 0 Å². The molecule has 0 spiro atoms. The molecule has 1 N–H and O–H groups in total. The maximum absolute atomic E-state index is 9.14. The van der Waals surface area contributed by atoms with Crippen LogP contribution in [0.3, 0.4) is 0 Å². The zero-order valence-electron chi connectivity index (χ0n) is 9.99. The van der Waals surface area contributed by atoms with Gasteiger partial charge in [0.2, 0.25) is 0 Å². The Morgan fingerprint density at radius 3 is 2.40 bits per heavy atom. The highest BCUT2D eigenvalue weighted by atomic mass is 16.3. The van der Waals surface area contributed by atoms with Gasteiger partial charge in [0, 0.05) is 6.54 Å². The van der Waals surface area contributed by atoms with E-state index < -0.39 is 0 Å². The molecule has 3 nitrogen and oxygen atoms in total. The second-order valence-electron chi connectivity index (χ2n) is 5.69. The Balaban J connectivity index is 2.12. The lowest BCUT2D eigenvalue weighted by Crippen LogP contribution is -2.06. The van der Waals surface area contributed by atoms with Crippen molar-refractivity contribution in [2.24, 2.45) is 16.7 Å². The van der Waals surface area contributed by atoms with Crippen LogP contribution in [-0.2, 0) is 13.2 Å². The van der Waals surface area contributed by atoms with Crippen molar-refractivity contribution in [1.82, 2.24) is 9.55 Å². The standard InChI is InChI=1S/C12H20N2O/c1-11(2)10(12(11,3)4)6-14-8-13-5-9(14)7-15/h5,8,10,15H,6-7H2,1-4H3. The highest BCUT2D eigenvalue weighted by Crippen LogP contribution is 2.68. The predicted octanol–water partition coefficient (Wildman–Crippen LogP) is 2.06. The minimum atomic E-state index is 0.0770. The summed E-state index contributed by atoms with van der Waals surface area (Å²) in [6.45, 7) is 10.3. The molecular formula is C12H20N2O. The third-order valence-electron chi connectivity index (χ3n) is 4.66.